The van der Waals surface area contributed by atoms with Crippen LogP contribution in [0.5, 0.6) is 5.88 Å². The smallest absolute Gasteiger partial charge is 0.317 e. The van der Waals surface area contributed by atoms with Gasteiger partial charge in [-0.15, -0.1) is 0 Å². The third-order valence-electron chi connectivity index (χ3n) is 3.77. The number of aromatic nitrogens is 1. The van der Waals surface area contributed by atoms with Gasteiger partial charge in [-0.1, -0.05) is 13.0 Å². The number of ether oxygens (including phenoxy) is 1. The van der Waals surface area contributed by atoms with Gasteiger partial charge in [-0.25, -0.2) is 9.78 Å². The van der Waals surface area contributed by atoms with Gasteiger partial charge in [0.05, 0.1) is 7.11 Å². The average Bonchev–Trinajstić information content (AvgIpc) is 2.46. The molecule has 1 fully saturated rings. The number of hydrogen-bond acceptors (Lipinski definition) is 3. The number of hydrogen-bond donors (Lipinski definition) is 1. The Morgan fingerprint density at radius 3 is 2.80 bits per heavy atom. The quantitative estimate of drug-likeness (QED) is 0.922. The number of pyridine rings is 1. The fraction of sp³-hybridized carbons (Fsp3) is 0.600. The number of carbonyl (C=O) groups is 1. The number of piperidine rings is 1. The van der Waals surface area contributed by atoms with E-state index in [9.17, 15) is 4.79 Å². The monoisotopic (exact) mass is 277 g/mol. The molecular formula is C15H23N3O2. The van der Waals surface area contributed by atoms with Gasteiger partial charge in [-0.05, 0) is 31.7 Å². The van der Waals surface area contributed by atoms with Crippen LogP contribution in [0.15, 0.2) is 12.1 Å². The minimum atomic E-state index is -0.000437. The molecule has 110 valence electrons. The highest BCUT2D eigenvalue weighted by Crippen LogP contribution is 2.17. The van der Waals surface area contributed by atoms with E-state index in [1.165, 1.54) is 0 Å². The fourth-order valence-electron chi connectivity index (χ4n) is 2.37. The van der Waals surface area contributed by atoms with Crippen LogP contribution in [0, 0.1) is 12.8 Å². The van der Waals surface area contributed by atoms with E-state index in [0.717, 1.165) is 43.1 Å². The van der Waals surface area contributed by atoms with Crippen LogP contribution in [0.4, 0.5) is 4.79 Å². The molecule has 0 radical (unpaired) electrons. The van der Waals surface area contributed by atoms with Crippen molar-refractivity contribution in [3.05, 3.63) is 23.4 Å². The van der Waals surface area contributed by atoms with Gasteiger partial charge in [0.2, 0.25) is 5.88 Å². The molecule has 20 heavy (non-hydrogen) atoms. The van der Waals surface area contributed by atoms with E-state index in [-0.39, 0.29) is 6.03 Å². The van der Waals surface area contributed by atoms with Gasteiger partial charge in [-0.3, -0.25) is 0 Å². The second kappa shape index (κ2) is 6.59. The molecule has 1 saturated heterocycles. The first-order valence-electron chi connectivity index (χ1n) is 7.13. The van der Waals surface area contributed by atoms with E-state index in [4.69, 9.17) is 4.74 Å². The summed E-state index contributed by atoms with van der Waals surface area (Å²) in [6.45, 7) is 6.28. The average molecular weight is 277 g/mol. The summed E-state index contributed by atoms with van der Waals surface area (Å²) in [5.74, 6) is 1.30. The number of likely N-dealkylation sites (tertiary alicyclic amines) is 1. The van der Waals surface area contributed by atoms with Crippen LogP contribution in [0.25, 0.3) is 0 Å². The summed E-state index contributed by atoms with van der Waals surface area (Å²) < 4.78 is 5.24. The molecule has 1 aromatic heterocycles. The predicted molar refractivity (Wildman–Crippen MR) is 77.7 cm³/mol. The highest BCUT2D eigenvalue weighted by Gasteiger charge is 2.20. The molecule has 0 saturated carbocycles. The van der Waals surface area contributed by atoms with Crippen LogP contribution in [-0.2, 0) is 6.54 Å². The summed E-state index contributed by atoms with van der Waals surface area (Å²) in [4.78, 5) is 18.3. The van der Waals surface area contributed by atoms with E-state index in [1.807, 2.05) is 24.0 Å². The molecule has 0 aliphatic carbocycles. The zero-order valence-electron chi connectivity index (χ0n) is 12.5. The van der Waals surface area contributed by atoms with Crippen molar-refractivity contribution in [2.24, 2.45) is 5.92 Å². The van der Waals surface area contributed by atoms with Crippen molar-refractivity contribution in [1.82, 2.24) is 15.2 Å². The molecule has 0 atom stereocenters. The van der Waals surface area contributed by atoms with Crippen molar-refractivity contribution in [2.75, 3.05) is 20.2 Å². The fourth-order valence-corrected chi connectivity index (χ4v) is 2.37. The summed E-state index contributed by atoms with van der Waals surface area (Å²) in [5.41, 5.74) is 1.80. The van der Waals surface area contributed by atoms with Crippen LogP contribution < -0.4 is 10.1 Å². The van der Waals surface area contributed by atoms with Gasteiger partial charge in [0.15, 0.2) is 0 Å². The SMILES string of the molecule is COc1nc(C)ccc1CNC(=O)N1CCC(C)CC1. The summed E-state index contributed by atoms with van der Waals surface area (Å²) >= 11 is 0. The largest absolute Gasteiger partial charge is 0.481 e. The van der Waals surface area contributed by atoms with Crippen LogP contribution in [0.3, 0.4) is 0 Å². The number of carbonyl (C=O) groups excluding carboxylic acids is 1. The summed E-state index contributed by atoms with van der Waals surface area (Å²) in [5, 5.41) is 2.94. The van der Waals surface area contributed by atoms with Crippen molar-refractivity contribution in [2.45, 2.75) is 33.2 Å². The molecule has 0 unspecified atom stereocenters. The van der Waals surface area contributed by atoms with Gasteiger partial charge >= 0.3 is 6.03 Å². The Balaban J connectivity index is 1.90. The molecule has 2 amide bonds. The molecule has 2 heterocycles. The summed E-state index contributed by atoms with van der Waals surface area (Å²) in [7, 11) is 1.60. The second-order valence-corrected chi connectivity index (χ2v) is 5.45. The van der Waals surface area contributed by atoms with Gasteiger partial charge in [0, 0.05) is 30.9 Å². The van der Waals surface area contributed by atoms with Gasteiger partial charge in [-0.2, -0.15) is 0 Å². The predicted octanol–water partition coefficient (Wildman–Crippen LogP) is 2.34. The summed E-state index contributed by atoms with van der Waals surface area (Å²) in [6, 6.07) is 3.87. The molecule has 1 aliphatic rings. The van der Waals surface area contributed by atoms with Crippen molar-refractivity contribution >= 4 is 6.03 Å². The van der Waals surface area contributed by atoms with E-state index in [0.29, 0.717) is 12.4 Å². The summed E-state index contributed by atoms with van der Waals surface area (Å²) in [6.07, 6.45) is 2.17. The van der Waals surface area contributed by atoms with Crippen LogP contribution in [-0.4, -0.2) is 36.1 Å². The second-order valence-electron chi connectivity index (χ2n) is 5.45. The van der Waals surface area contributed by atoms with E-state index in [1.54, 1.807) is 7.11 Å². The Morgan fingerprint density at radius 2 is 2.15 bits per heavy atom. The molecule has 0 spiro atoms. The zero-order chi connectivity index (χ0) is 14.5. The molecule has 5 heteroatoms. The molecule has 5 nitrogen and oxygen atoms in total. The number of nitrogens with one attached hydrogen (secondary N) is 1. The van der Waals surface area contributed by atoms with Crippen molar-refractivity contribution in [3.63, 3.8) is 0 Å². The normalized spacial score (nSPS) is 16.1. The van der Waals surface area contributed by atoms with Gasteiger partial charge < -0.3 is 15.0 Å². The Labute approximate surface area is 120 Å². The Kier molecular flexibility index (Phi) is 4.82. The lowest BCUT2D eigenvalue weighted by Gasteiger charge is -2.30. The lowest BCUT2D eigenvalue weighted by Crippen LogP contribution is -2.43. The molecule has 1 N–H and O–H groups in total. The van der Waals surface area contributed by atoms with Crippen molar-refractivity contribution in [3.8, 4) is 5.88 Å². The Bertz CT molecular complexity index is 468. The third-order valence-corrected chi connectivity index (χ3v) is 3.77. The third kappa shape index (κ3) is 3.62. The highest BCUT2D eigenvalue weighted by atomic mass is 16.5. The molecule has 1 aliphatic heterocycles. The minimum absolute atomic E-state index is 0.000437. The number of nitrogens with zero attached hydrogens (tertiary/aromatic N) is 2. The zero-order valence-corrected chi connectivity index (χ0v) is 12.5. The number of rotatable bonds is 3. The van der Waals surface area contributed by atoms with E-state index in [2.05, 4.69) is 17.2 Å². The van der Waals surface area contributed by atoms with Crippen LogP contribution in [0.1, 0.15) is 31.0 Å². The number of methoxy groups -OCH3 is 1. The molecule has 0 aromatic carbocycles. The first-order valence-corrected chi connectivity index (χ1v) is 7.13. The Morgan fingerprint density at radius 1 is 1.45 bits per heavy atom. The number of amides is 2. The molecule has 0 bridgehead atoms. The number of aryl methyl sites for hydroxylation is 1. The van der Waals surface area contributed by atoms with E-state index < -0.39 is 0 Å². The minimum Gasteiger partial charge on any atom is -0.481 e. The molecular weight excluding hydrogens is 254 g/mol. The van der Waals surface area contributed by atoms with Crippen LogP contribution in [0.2, 0.25) is 0 Å². The standard InChI is InChI=1S/C15H23N3O2/c1-11-6-8-18(9-7-11)15(19)16-10-13-5-4-12(2)17-14(13)20-3/h4-5,11H,6-10H2,1-3H3,(H,16,19). The Hall–Kier alpha value is -1.78. The first-order chi connectivity index (χ1) is 9.60. The highest BCUT2D eigenvalue weighted by molar-refractivity contribution is 5.74. The van der Waals surface area contributed by atoms with E-state index >= 15 is 0 Å². The maximum Gasteiger partial charge on any atom is 0.317 e. The lowest BCUT2D eigenvalue weighted by molar-refractivity contribution is 0.173. The van der Waals surface area contributed by atoms with Gasteiger partial charge in [0.25, 0.3) is 0 Å². The van der Waals surface area contributed by atoms with Crippen LogP contribution >= 0.6 is 0 Å². The molecule has 1 aromatic rings. The topological polar surface area (TPSA) is 54.5 Å². The maximum atomic E-state index is 12.1. The maximum absolute atomic E-state index is 12.1. The van der Waals surface area contributed by atoms with Crippen molar-refractivity contribution in [1.29, 1.82) is 0 Å². The molecule has 2 rings (SSSR count). The number of urea groups is 1. The van der Waals surface area contributed by atoms with Gasteiger partial charge in [0.1, 0.15) is 0 Å². The van der Waals surface area contributed by atoms with Crippen molar-refractivity contribution < 1.29 is 9.53 Å². The lowest BCUT2D eigenvalue weighted by atomic mass is 10.00. The first kappa shape index (κ1) is 14.6.